The van der Waals surface area contributed by atoms with Gasteiger partial charge in [0.05, 0.1) is 28.7 Å². The number of ether oxygens (including phenoxy) is 1. The Morgan fingerprint density at radius 2 is 1.85 bits per heavy atom. The lowest BCUT2D eigenvalue weighted by Crippen LogP contribution is -2.40. The maximum Gasteiger partial charge on any atom is 0.263 e. The lowest BCUT2D eigenvalue weighted by atomic mass is 10.1. The van der Waals surface area contributed by atoms with Crippen LogP contribution in [-0.4, -0.2) is 59.0 Å². The van der Waals surface area contributed by atoms with Crippen LogP contribution in [0.25, 0.3) is 23.0 Å². The molecular formula is C23H20N4O4S3. The van der Waals surface area contributed by atoms with Crippen LogP contribution in [0.5, 0.6) is 0 Å². The van der Waals surface area contributed by atoms with Gasteiger partial charge >= 0.3 is 0 Å². The van der Waals surface area contributed by atoms with Gasteiger partial charge in [-0.3, -0.25) is 4.79 Å². The highest BCUT2D eigenvalue weighted by atomic mass is 32.2. The fraction of sp³-hybridized carbons (Fsp3) is 0.174. The first-order valence-electron chi connectivity index (χ1n) is 10.5. The number of thioether (sulfide) groups is 1. The van der Waals surface area contributed by atoms with E-state index in [4.69, 9.17) is 22.1 Å². The Hall–Kier alpha value is -2.83. The van der Waals surface area contributed by atoms with E-state index < -0.39 is 10.0 Å². The van der Waals surface area contributed by atoms with Crippen molar-refractivity contribution in [2.45, 2.75) is 4.90 Å². The summed E-state index contributed by atoms with van der Waals surface area (Å²) < 4.78 is 35.2. The van der Waals surface area contributed by atoms with Crippen molar-refractivity contribution >= 4 is 50.3 Å². The molecule has 1 N–H and O–H groups in total. The SMILES string of the molecule is O=C1NC(=S)S/C1=C\c1cn(-c2ccccc2)nc1-c1cccc(S(=O)(=O)N2CCOCC2)c1. The highest BCUT2D eigenvalue weighted by Gasteiger charge is 2.27. The molecule has 5 rings (SSSR count). The highest BCUT2D eigenvalue weighted by molar-refractivity contribution is 8.26. The van der Waals surface area contributed by atoms with Gasteiger partial charge in [-0.25, -0.2) is 13.1 Å². The Labute approximate surface area is 206 Å². The van der Waals surface area contributed by atoms with Crippen LogP contribution in [0.2, 0.25) is 0 Å². The zero-order valence-electron chi connectivity index (χ0n) is 17.9. The van der Waals surface area contributed by atoms with Crippen LogP contribution in [0.3, 0.4) is 0 Å². The summed E-state index contributed by atoms with van der Waals surface area (Å²) in [5, 5.41) is 7.36. The van der Waals surface area contributed by atoms with E-state index in [9.17, 15) is 13.2 Å². The second-order valence-corrected chi connectivity index (χ2v) is 11.3. The van der Waals surface area contributed by atoms with Crippen LogP contribution >= 0.6 is 24.0 Å². The van der Waals surface area contributed by atoms with Crippen LogP contribution in [0, 0.1) is 0 Å². The predicted octanol–water partition coefficient (Wildman–Crippen LogP) is 3.05. The topological polar surface area (TPSA) is 93.5 Å². The third-order valence-corrected chi connectivity index (χ3v) is 8.46. The molecule has 0 bridgehead atoms. The zero-order valence-corrected chi connectivity index (χ0v) is 20.3. The molecule has 3 heterocycles. The largest absolute Gasteiger partial charge is 0.379 e. The van der Waals surface area contributed by atoms with Gasteiger partial charge in [-0.1, -0.05) is 54.3 Å². The van der Waals surface area contributed by atoms with Gasteiger partial charge in [0.25, 0.3) is 5.91 Å². The number of morpholine rings is 1. The first-order chi connectivity index (χ1) is 16.4. The van der Waals surface area contributed by atoms with Crippen molar-refractivity contribution in [1.82, 2.24) is 19.4 Å². The fourth-order valence-corrected chi connectivity index (χ4v) is 6.22. The molecule has 11 heteroatoms. The average Bonchev–Trinajstić information content (AvgIpc) is 3.42. The maximum absolute atomic E-state index is 13.2. The molecule has 2 saturated heterocycles. The van der Waals surface area contributed by atoms with Gasteiger partial charge in [-0.05, 0) is 30.3 Å². The van der Waals surface area contributed by atoms with E-state index in [1.807, 2.05) is 42.6 Å². The number of nitrogens with one attached hydrogen (secondary N) is 1. The third kappa shape index (κ3) is 4.57. The summed E-state index contributed by atoms with van der Waals surface area (Å²) in [6, 6.07) is 16.3. The molecule has 1 aromatic heterocycles. The summed E-state index contributed by atoms with van der Waals surface area (Å²) in [4.78, 5) is 12.9. The van der Waals surface area contributed by atoms with Crippen molar-refractivity contribution < 1.29 is 17.9 Å². The molecule has 0 radical (unpaired) electrons. The van der Waals surface area contributed by atoms with Crippen LogP contribution in [0.4, 0.5) is 0 Å². The van der Waals surface area contributed by atoms with Gasteiger partial charge < -0.3 is 10.1 Å². The monoisotopic (exact) mass is 512 g/mol. The van der Waals surface area contributed by atoms with Crippen LogP contribution in [0.15, 0.2) is 70.6 Å². The summed E-state index contributed by atoms with van der Waals surface area (Å²) in [6.45, 7) is 1.39. The van der Waals surface area contributed by atoms with Gasteiger partial charge in [0.1, 0.15) is 10.0 Å². The minimum Gasteiger partial charge on any atom is -0.379 e. The molecule has 8 nitrogen and oxygen atoms in total. The van der Waals surface area contributed by atoms with E-state index in [1.54, 1.807) is 29.0 Å². The summed E-state index contributed by atoms with van der Waals surface area (Å²) >= 11 is 6.29. The molecule has 2 aliphatic heterocycles. The molecule has 0 aliphatic carbocycles. The Morgan fingerprint density at radius 3 is 2.56 bits per heavy atom. The minimum atomic E-state index is -3.67. The van der Waals surface area contributed by atoms with Gasteiger partial charge in [-0.2, -0.15) is 9.40 Å². The number of hydrogen-bond donors (Lipinski definition) is 1. The molecule has 2 aliphatic rings. The first-order valence-corrected chi connectivity index (χ1v) is 13.2. The van der Waals surface area contributed by atoms with Crippen molar-refractivity contribution in [2.24, 2.45) is 0 Å². The number of carbonyl (C=O) groups excluding carboxylic acids is 1. The van der Waals surface area contributed by atoms with Gasteiger partial charge in [0, 0.05) is 30.4 Å². The molecule has 3 aromatic rings. The van der Waals surface area contributed by atoms with Crippen molar-refractivity contribution in [1.29, 1.82) is 0 Å². The Balaban J connectivity index is 1.60. The number of sulfonamides is 1. The first kappa shape index (κ1) is 22.9. The van der Waals surface area contributed by atoms with Crippen LogP contribution < -0.4 is 5.32 Å². The summed E-state index contributed by atoms with van der Waals surface area (Å²) in [5.74, 6) is -0.267. The number of amides is 1. The average molecular weight is 513 g/mol. The van der Waals surface area contributed by atoms with Crippen molar-refractivity contribution in [3.05, 3.63) is 71.3 Å². The molecule has 0 saturated carbocycles. The smallest absolute Gasteiger partial charge is 0.263 e. The number of carbonyl (C=O) groups is 1. The van der Waals surface area contributed by atoms with E-state index in [-0.39, 0.29) is 10.8 Å². The second-order valence-electron chi connectivity index (χ2n) is 7.61. The van der Waals surface area contributed by atoms with Crippen LogP contribution in [0.1, 0.15) is 5.56 Å². The van der Waals surface area contributed by atoms with Crippen molar-refractivity contribution in [3.8, 4) is 16.9 Å². The highest BCUT2D eigenvalue weighted by Crippen LogP contribution is 2.32. The lowest BCUT2D eigenvalue weighted by Gasteiger charge is -2.26. The number of aromatic nitrogens is 2. The molecule has 34 heavy (non-hydrogen) atoms. The Kier molecular flexibility index (Phi) is 6.36. The lowest BCUT2D eigenvalue weighted by molar-refractivity contribution is -0.115. The molecular weight excluding hydrogens is 492 g/mol. The number of rotatable bonds is 5. The zero-order chi connectivity index (χ0) is 23.7. The predicted molar refractivity (Wildman–Crippen MR) is 135 cm³/mol. The third-order valence-electron chi connectivity index (χ3n) is 5.41. The summed E-state index contributed by atoms with van der Waals surface area (Å²) in [7, 11) is -3.67. The normalized spacial score (nSPS) is 18.4. The molecule has 2 aromatic carbocycles. The van der Waals surface area contributed by atoms with E-state index in [1.165, 1.54) is 16.1 Å². The number of benzene rings is 2. The molecule has 0 unspecified atom stereocenters. The molecule has 174 valence electrons. The minimum absolute atomic E-state index is 0.189. The molecule has 2 fully saturated rings. The van der Waals surface area contributed by atoms with Crippen molar-refractivity contribution in [3.63, 3.8) is 0 Å². The number of thiocarbonyl (C=S) groups is 1. The van der Waals surface area contributed by atoms with Crippen molar-refractivity contribution in [2.75, 3.05) is 26.3 Å². The van der Waals surface area contributed by atoms with E-state index in [2.05, 4.69) is 5.32 Å². The van der Waals surface area contributed by atoms with Crippen LogP contribution in [-0.2, 0) is 19.6 Å². The van der Waals surface area contributed by atoms with E-state index >= 15 is 0 Å². The summed E-state index contributed by atoms with van der Waals surface area (Å²) in [5.41, 5.74) is 2.69. The van der Waals surface area contributed by atoms with Gasteiger partial charge in [0.2, 0.25) is 10.0 Å². The standard InChI is InChI=1S/C23H20N4O4S3/c28-22-20(33-23(32)24-22)14-17-15-27(18-6-2-1-3-7-18)25-21(17)16-5-4-8-19(13-16)34(29,30)26-9-11-31-12-10-26/h1-8,13-15H,9-12H2,(H,24,28,32)/b20-14-. The molecule has 0 atom stereocenters. The number of hydrogen-bond acceptors (Lipinski definition) is 7. The fourth-order valence-electron chi connectivity index (χ4n) is 3.73. The number of nitrogens with zero attached hydrogens (tertiary/aromatic N) is 3. The summed E-state index contributed by atoms with van der Waals surface area (Å²) in [6.07, 6.45) is 3.54. The number of para-hydroxylation sites is 1. The van der Waals surface area contributed by atoms with E-state index in [0.29, 0.717) is 52.3 Å². The molecule has 0 spiro atoms. The Bertz CT molecular complexity index is 1390. The quantitative estimate of drug-likeness (QED) is 0.415. The van der Waals surface area contributed by atoms with Gasteiger partial charge in [0.15, 0.2) is 0 Å². The van der Waals surface area contributed by atoms with Gasteiger partial charge in [-0.15, -0.1) is 0 Å². The second kappa shape index (κ2) is 9.43. The maximum atomic E-state index is 13.2. The van der Waals surface area contributed by atoms with E-state index in [0.717, 1.165) is 5.69 Å². The Morgan fingerprint density at radius 1 is 1.09 bits per heavy atom. The molecule has 1 amide bonds.